The van der Waals surface area contributed by atoms with Crippen LogP contribution in [0.2, 0.25) is 5.02 Å². The molecule has 0 saturated carbocycles. The van der Waals surface area contributed by atoms with Gasteiger partial charge in [0.2, 0.25) is 0 Å². The molecule has 9 heteroatoms. The first-order valence-electron chi connectivity index (χ1n) is 7.25. The van der Waals surface area contributed by atoms with Gasteiger partial charge in [0.05, 0.1) is 22.6 Å². The topological polar surface area (TPSA) is 78.9 Å². The Bertz CT molecular complexity index is 675. The molecular weight excluding hydrogens is 342 g/mol. The van der Waals surface area contributed by atoms with Gasteiger partial charge in [-0.1, -0.05) is 22.5 Å². The largest absolute Gasteiger partial charge is 0.288 e. The minimum atomic E-state index is -3.84. The summed E-state index contributed by atoms with van der Waals surface area (Å²) in [6.45, 7) is 1.54. The van der Waals surface area contributed by atoms with E-state index in [9.17, 15) is 13.2 Å². The number of hydrogen-bond donors (Lipinski definition) is 1. The van der Waals surface area contributed by atoms with Gasteiger partial charge in [0.1, 0.15) is 0 Å². The highest BCUT2D eigenvalue weighted by Gasteiger charge is 2.24. The second kappa shape index (κ2) is 7.59. The summed E-state index contributed by atoms with van der Waals surface area (Å²) in [5, 5.41) is 2.02. The zero-order valence-corrected chi connectivity index (χ0v) is 14.7. The SMILES string of the molecule is CON(C)S(=O)(=O)c1ccc(Cl)c(C(=O)NN2CCCCC2)c1. The molecule has 0 aliphatic carbocycles. The second-order valence-corrected chi connectivity index (χ2v) is 7.57. The number of hydrogen-bond acceptors (Lipinski definition) is 5. The van der Waals surface area contributed by atoms with E-state index in [1.54, 1.807) is 0 Å². The normalized spacial score (nSPS) is 16.5. The molecule has 0 atom stereocenters. The van der Waals surface area contributed by atoms with Gasteiger partial charge in [-0.25, -0.2) is 13.4 Å². The summed E-state index contributed by atoms with van der Waals surface area (Å²) in [7, 11) is -1.31. The fraction of sp³-hybridized carbons (Fsp3) is 0.500. The van der Waals surface area contributed by atoms with Crippen LogP contribution in [0.1, 0.15) is 29.6 Å². The zero-order valence-electron chi connectivity index (χ0n) is 13.1. The maximum Gasteiger partial charge on any atom is 0.267 e. The molecule has 23 heavy (non-hydrogen) atoms. The van der Waals surface area contributed by atoms with Crippen molar-refractivity contribution in [1.82, 2.24) is 14.9 Å². The fourth-order valence-electron chi connectivity index (χ4n) is 2.29. The van der Waals surface area contributed by atoms with Crippen molar-refractivity contribution < 1.29 is 18.0 Å². The molecule has 1 aromatic carbocycles. The number of carbonyl (C=O) groups is 1. The summed E-state index contributed by atoms with van der Waals surface area (Å²) in [4.78, 5) is 17.0. The lowest BCUT2D eigenvalue weighted by atomic mass is 10.1. The number of hydrazine groups is 1. The summed E-state index contributed by atoms with van der Waals surface area (Å²) in [5.41, 5.74) is 2.88. The van der Waals surface area contributed by atoms with Crippen molar-refractivity contribution in [2.45, 2.75) is 24.2 Å². The van der Waals surface area contributed by atoms with E-state index in [1.165, 1.54) is 32.4 Å². The monoisotopic (exact) mass is 361 g/mol. The molecule has 1 amide bonds. The number of hydroxylamine groups is 1. The highest BCUT2D eigenvalue weighted by atomic mass is 35.5. The number of halogens is 1. The predicted molar refractivity (Wildman–Crippen MR) is 86.3 cm³/mol. The molecule has 0 bridgehead atoms. The van der Waals surface area contributed by atoms with Crippen LogP contribution in [0, 0.1) is 0 Å². The third-order valence-electron chi connectivity index (χ3n) is 3.69. The summed E-state index contributed by atoms with van der Waals surface area (Å²) in [6.07, 6.45) is 3.17. The molecule has 1 saturated heterocycles. The van der Waals surface area contributed by atoms with Crippen LogP contribution in [0.15, 0.2) is 23.1 Å². The maximum absolute atomic E-state index is 12.4. The van der Waals surface area contributed by atoms with Crippen LogP contribution in [0.5, 0.6) is 0 Å². The first kappa shape index (κ1) is 18.2. The van der Waals surface area contributed by atoms with E-state index in [0.29, 0.717) is 0 Å². The average Bonchev–Trinajstić information content (AvgIpc) is 2.55. The Morgan fingerprint density at radius 2 is 1.96 bits per heavy atom. The van der Waals surface area contributed by atoms with E-state index in [0.717, 1.165) is 36.8 Å². The molecule has 1 heterocycles. The van der Waals surface area contributed by atoms with Crippen molar-refractivity contribution >= 4 is 27.5 Å². The van der Waals surface area contributed by atoms with Crippen LogP contribution in [0.3, 0.4) is 0 Å². The van der Waals surface area contributed by atoms with Gasteiger partial charge in [0.15, 0.2) is 0 Å². The maximum atomic E-state index is 12.4. The average molecular weight is 362 g/mol. The lowest BCUT2D eigenvalue weighted by Gasteiger charge is -2.27. The molecular formula is C14H20ClN3O4S. The van der Waals surface area contributed by atoms with Gasteiger partial charge in [-0.3, -0.25) is 15.1 Å². The highest BCUT2D eigenvalue weighted by molar-refractivity contribution is 7.89. The number of sulfonamides is 1. The van der Waals surface area contributed by atoms with Gasteiger partial charge >= 0.3 is 0 Å². The van der Waals surface area contributed by atoms with Crippen LogP contribution in [-0.2, 0) is 14.9 Å². The minimum absolute atomic E-state index is 0.0601. The Kier molecular flexibility index (Phi) is 5.99. The molecule has 0 spiro atoms. The van der Waals surface area contributed by atoms with E-state index in [-0.39, 0.29) is 15.5 Å². The Balaban J connectivity index is 2.25. The molecule has 1 aliphatic rings. The molecule has 1 aromatic rings. The van der Waals surface area contributed by atoms with Gasteiger partial charge in [-0.05, 0) is 31.0 Å². The molecule has 1 N–H and O–H groups in total. The zero-order chi connectivity index (χ0) is 17.0. The Morgan fingerprint density at radius 1 is 1.30 bits per heavy atom. The number of carbonyl (C=O) groups excluding carboxylic acids is 1. The van der Waals surface area contributed by atoms with E-state index in [1.807, 2.05) is 5.01 Å². The summed E-state index contributed by atoms with van der Waals surface area (Å²) in [6, 6.07) is 3.99. The van der Waals surface area contributed by atoms with Gasteiger partial charge in [-0.15, -0.1) is 0 Å². The summed E-state index contributed by atoms with van der Waals surface area (Å²) in [5.74, 6) is -0.422. The number of amides is 1. The number of nitrogens with one attached hydrogen (secondary N) is 1. The Hall–Kier alpha value is -1.19. The second-order valence-electron chi connectivity index (χ2n) is 5.23. The van der Waals surface area contributed by atoms with Crippen molar-refractivity contribution in [3.8, 4) is 0 Å². The lowest BCUT2D eigenvalue weighted by Crippen LogP contribution is -2.45. The van der Waals surface area contributed by atoms with Gasteiger partial charge in [-0.2, -0.15) is 0 Å². The van der Waals surface area contributed by atoms with Gasteiger partial charge < -0.3 is 0 Å². The summed E-state index contributed by atoms with van der Waals surface area (Å²) < 4.78 is 25.2. The smallest absolute Gasteiger partial charge is 0.267 e. The predicted octanol–water partition coefficient (Wildman–Crippen LogP) is 1.65. The van der Waals surface area contributed by atoms with Crippen molar-refractivity contribution in [1.29, 1.82) is 0 Å². The van der Waals surface area contributed by atoms with Gasteiger partial charge in [0.25, 0.3) is 15.9 Å². The molecule has 7 nitrogen and oxygen atoms in total. The van der Waals surface area contributed by atoms with Crippen molar-refractivity contribution in [2.75, 3.05) is 27.2 Å². The first-order chi connectivity index (χ1) is 10.9. The van der Waals surface area contributed by atoms with E-state index >= 15 is 0 Å². The van der Waals surface area contributed by atoms with Crippen LogP contribution in [0.25, 0.3) is 0 Å². The van der Waals surface area contributed by atoms with Crippen molar-refractivity contribution in [2.24, 2.45) is 0 Å². The third-order valence-corrected chi connectivity index (χ3v) is 5.70. The quantitative estimate of drug-likeness (QED) is 0.807. The third kappa shape index (κ3) is 4.21. The van der Waals surface area contributed by atoms with E-state index in [2.05, 4.69) is 5.43 Å². The van der Waals surface area contributed by atoms with Gasteiger partial charge in [0, 0.05) is 20.1 Å². The minimum Gasteiger partial charge on any atom is -0.288 e. The molecule has 2 rings (SSSR count). The number of rotatable bonds is 5. The fourth-order valence-corrected chi connectivity index (χ4v) is 3.50. The van der Waals surface area contributed by atoms with E-state index in [4.69, 9.17) is 16.4 Å². The number of benzene rings is 1. The lowest BCUT2D eigenvalue weighted by molar-refractivity contribution is -0.0258. The van der Waals surface area contributed by atoms with Crippen LogP contribution < -0.4 is 5.43 Å². The number of nitrogens with zero attached hydrogens (tertiary/aromatic N) is 2. The first-order valence-corrected chi connectivity index (χ1v) is 9.06. The summed E-state index contributed by atoms with van der Waals surface area (Å²) >= 11 is 6.05. The Morgan fingerprint density at radius 3 is 2.57 bits per heavy atom. The molecule has 0 unspecified atom stereocenters. The molecule has 0 aromatic heterocycles. The van der Waals surface area contributed by atoms with Crippen molar-refractivity contribution in [3.05, 3.63) is 28.8 Å². The molecule has 0 radical (unpaired) electrons. The van der Waals surface area contributed by atoms with Crippen LogP contribution >= 0.6 is 11.6 Å². The molecule has 1 aliphatic heterocycles. The van der Waals surface area contributed by atoms with Crippen LogP contribution in [0.4, 0.5) is 0 Å². The van der Waals surface area contributed by atoms with E-state index < -0.39 is 15.9 Å². The standard InChI is InChI=1S/C14H20ClN3O4S/c1-17(22-2)23(20,21)11-6-7-13(15)12(10-11)14(19)16-18-8-4-3-5-9-18/h6-7,10H,3-5,8-9H2,1-2H3,(H,16,19). The molecule has 128 valence electrons. The van der Waals surface area contributed by atoms with Crippen LogP contribution in [-0.4, -0.2) is 51.0 Å². The highest BCUT2D eigenvalue weighted by Crippen LogP contribution is 2.23. The number of piperidine rings is 1. The Labute approximate surface area is 141 Å². The van der Waals surface area contributed by atoms with Crippen molar-refractivity contribution in [3.63, 3.8) is 0 Å². The molecule has 1 fully saturated rings.